The number of hydrogen-bond acceptors (Lipinski definition) is 12. The fraction of sp³-hybridized carbons (Fsp3) is 0.808. The van der Waals surface area contributed by atoms with E-state index in [4.69, 9.17) is 19.4 Å². The van der Waals surface area contributed by atoms with Crippen LogP contribution in [-0.2, 0) is 23.9 Å². The molecule has 9 aliphatic carbocycles. The van der Waals surface area contributed by atoms with E-state index in [-0.39, 0.29) is 81.1 Å². The maximum Gasteiger partial charge on any atom is 0.302 e. The van der Waals surface area contributed by atoms with E-state index in [0.717, 1.165) is 104 Å². The van der Waals surface area contributed by atoms with Crippen LogP contribution in [-0.4, -0.2) is 157 Å². The number of rotatable bonds is 17. The number of carboxylic acid groups (broad SMARTS) is 1. The molecule has 0 aliphatic heterocycles. The highest BCUT2D eigenvalue weighted by atomic mass is 16.6. The molecule has 21 atom stereocenters. The SMILES string of the molecule is C=C1CCC2[C@H](C/C=C\CN(C)C)C([C@@]3(C)CC[C@H](O)C[C@@H]3O)CC[C@]12C.C=C1CCC2[C@H](C/C=C\CN(C)C)C([C@@]3(C)CC[C@H](O)C[C@@H]3O)CC[C@]12C.C=C1CCC2[C@H](C/C=C\CN(C)C)C([C@@]3(C)CC[C@H](OC(C)=O)C[C@@H]3OC(C)=O)CC[C@]12C.CC(=O)O. The number of allylic oxidation sites excluding steroid dienone is 6. The number of carboxylic acids is 1. The summed E-state index contributed by atoms with van der Waals surface area (Å²) in [5.41, 5.74) is 4.88. The summed E-state index contributed by atoms with van der Waals surface area (Å²) in [4.78, 5) is 39.3. The van der Waals surface area contributed by atoms with Crippen molar-refractivity contribution in [3.63, 3.8) is 0 Å². The summed E-state index contributed by atoms with van der Waals surface area (Å²) < 4.78 is 11.5. The molecule has 0 amide bonds. The van der Waals surface area contributed by atoms with Crippen molar-refractivity contribution in [2.45, 2.75) is 253 Å². The first-order chi connectivity index (χ1) is 42.6. The third-order valence-electron chi connectivity index (χ3n) is 26.3. The molecule has 9 fully saturated rings. The molecule has 9 rings (SSSR count). The van der Waals surface area contributed by atoms with Crippen LogP contribution in [0.2, 0.25) is 0 Å². The van der Waals surface area contributed by atoms with Gasteiger partial charge in [0.2, 0.25) is 0 Å². The zero-order valence-electron chi connectivity index (χ0n) is 60.0. The molecule has 9 aliphatic rings. The second kappa shape index (κ2) is 32.5. The Morgan fingerprint density at radius 2 is 0.747 bits per heavy atom. The lowest BCUT2D eigenvalue weighted by molar-refractivity contribution is -0.178. The Balaban J connectivity index is 0.000000212. The van der Waals surface area contributed by atoms with Crippen molar-refractivity contribution in [3.05, 3.63) is 72.9 Å². The molecule has 0 radical (unpaired) electrons. The van der Waals surface area contributed by atoms with E-state index in [0.29, 0.717) is 72.5 Å². The summed E-state index contributed by atoms with van der Waals surface area (Å²) in [6.07, 6.45) is 36.8. The Bertz CT molecular complexity index is 2440. The number of ether oxygens (including phenoxy) is 2. The first-order valence-corrected chi connectivity index (χ1v) is 35.8. The van der Waals surface area contributed by atoms with Gasteiger partial charge in [0, 0.05) is 52.2 Å². The Morgan fingerprint density at radius 3 is 1.04 bits per heavy atom. The number of aliphatic hydroxyl groups excluding tert-OH is 4. The van der Waals surface area contributed by atoms with E-state index in [9.17, 15) is 30.0 Å². The quantitative estimate of drug-likeness (QED) is 0.0686. The number of aliphatic carboxylic acids is 1. The van der Waals surface area contributed by atoms with Gasteiger partial charge in [-0.2, -0.15) is 0 Å². The fourth-order valence-corrected chi connectivity index (χ4v) is 20.5. The zero-order valence-corrected chi connectivity index (χ0v) is 60.0. The normalized spacial score (nSPS) is 41.5. The maximum absolute atomic E-state index is 12.1. The predicted octanol–water partition coefficient (Wildman–Crippen LogP) is 14.4. The average Bonchev–Trinajstić information content (AvgIpc) is 1.74. The number of carbonyl (C=O) groups excluding carboxylic acids is 2. The van der Waals surface area contributed by atoms with E-state index in [1.807, 2.05) is 0 Å². The fourth-order valence-electron chi connectivity index (χ4n) is 20.5. The van der Waals surface area contributed by atoms with Crippen LogP contribution in [0.3, 0.4) is 0 Å². The van der Waals surface area contributed by atoms with E-state index in [1.165, 1.54) is 88.4 Å². The van der Waals surface area contributed by atoms with Crippen molar-refractivity contribution in [1.29, 1.82) is 0 Å². The molecular weight excluding hydrogens is 1140 g/mol. The molecule has 0 aromatic heterocycles. The first-order valence-electron chi connectivity index (χ1n) is 35.8. The maximum atomic E-state index is 12.1. The predicted molar refractivity (Wildman–Crippen MR) is 370 cm³/mol. The topological polar surface area (TPSA) is 181 Å². The number of likely N-dealkylation sites (N-methyl/N-ethyl adjacent to an activating group) is 3. The van der Waals surface area contributed by atoms with Gasteiger partial charge >= 0.3 is 11.9 Å². The van der Waals surface area contributed by atoms with Gasteiger partial charge in [-0.3, -0.25) is 14.4 Å². The molecular formula is C78H131N3O10. The number of nitrogens with zero attached hydrogens (tertiary/aromatic N) is 3. The highest BCUT2D eigenvalue weighted by Gasteiger charge is 2.60. The minimum atomic E-state index is -0.833. The average molecular weight is 1270 g/mol. The van der Waals surface area contributed by atoms with Gasteiger partial charge in [0.15, 0.2) is 0 Å². The van der Waals surface area contributed by atoms with Crippen LogP contribution in [0.15, 0.2) is 72.9 Å². The number of carbonyl (C=O) groups is 3. The molecule has 13 nitrogen and oxygen atoms in total. The monoisotopic (exact) mass is 1270 g/mol. The molecule has 518 valence electrons. The minimum Gasteiger partial charge on any atom is -0.481 e. The van der Waals surface area contributed by atoms with Crippen molar-refractivity contribution in [3.8, 4) is 0 Å². The van der Waals surface area contributed by atoms with Crippen molar-refractivity contribution >= 4 is 17.9 Å². The van der Waals surface area contributed by atoms with Crippen LogP contribution in [0.5, 0.6) is 0 Å². The number of esters is 2. The molecule has 13 heteroatoms. The lowest BCUT2D eigenvalue weighted by Crippen LogP contribution is -2.53. The molecule has 9 saturated carbocycles. The number of fused-ring (bicyclic) bond motifs is 3. The van der Waals surface area contributed by atoms with Crippen LogP contribution >= 0.6 is 0 Å². The Labute approximate surface area is 553 Å². The van der Waals surface area contributed by atoms with E-state index >= 15 is 0 Å². The van der Waals surface area contributed by atoms with Crippen LogP contribution in [0.25, 0.3) is 0 Å². The molecule has 0 heterocycles. The molecule has 6 unspecified atom stereocenters. The lowest BCUT2D eigenvalue weighted by Gasteiger charge is -2.56. The number of aliphatic hydroxyl groups is 4. The second-order valence-electron chi connectivity index (χ2n) is 32.9. The molecule has 0 spiro atoms. The van der Waals surface area contributed by atoms with Gasteiger partial charge in [0.05, 0.1) is 24.4 Å². The van der Waals surface area contributed by atoms with Gasteiger partial charge in [0.25, 0.3) is 5.97 Å². The van der Waals surface area contributed by atoms with E-state index in [2.05, 4.69) is 155 Å². The molecule has 0 aromatic rings. The van der Waals surface area contributed by atoms with E-state index < -0.39 is 5.97 Å². The van der Waals surface area contributed by atoms with Gasteiger partial charge in [-0.15, -0.1) is 0 Å². The summed E-state index contributed by atoms with van der Waals surface area (Å²) in [6.45, 7) is 34.6. The largest absolute Gasteiger partial charge is 0.481 e. The standard InChI is InChI=1S/C28H45NO4.2C24H41NO2.C2H4O2/c1-19-11-12-24-23(10-8-9-17-29(6)7)25(14-16-27(19,24)4)28(5)15-13-22(32-20(2)30)18-26(28)33-21(3)31;2*1-17-9-10-20-19(8-6-7-15-25(4)5)21(12-14-23(17,20)2)24(3)13-11-18(26)16-22(24)27;1-2(3)4/h8-9,22-26H,1,10-18H2,2-7H3;2*6-7,18-22,26-27H,1,8-16H2,2-5H3;1H3,(H,3,4)/b9-8-;2*7-6-;/t22-,23-,24?,25?,26-,27+,28+;2*18-,19-,20?,21?,22-,23+,24+;/m000./s1. The van der Waals surface area contributed by atoms with Crippen molar-refractivity contribution in [1.82, 2.24) is 14.7 Å². The van der Waals surface area contributed by atoms with Gasteiger partial charge in [0.1, 0.15) is 12.2 Å². The molecule has 5 N–H and O–H groups in total. The molecule has 0 aromatic carbocycles. The summed E-state index contributed by atoms with van der Waals surface area (Å²) in [6, 6.07) is 0. The molecule has 91 heavy (non-hydrogen) atoms. The van der Waals surface area contributed by atoms with Gasteiger partial charge in [-0.05, 0) is 270 Å². The summed E-state index contributed by atoms with van der Waals surface area (Å²) in [7, 11) is 12.6. The second-order valence-corrected chi connectivity index (χ2v) is 32.9. The van der Waals surface area contributed by atoms with Crippen molar-refractivity contribution in [2.24, 2.45) is 85.8 Å². The van der Waals surface area contributed by atoms with E-state index in [1.54, 1.807) is 0 Å². The zero-order chi connectivity index (χ0) is 67.6. The van der Waals surface area contributed by atoms with Crippen LogP contribution in [0, 0.1) is 85.8 Å². The third kappa shape index (κ3) is 18.2. The third-order valence-corrected chi connectivity index (χ3v) is 26.3. The van der Waals surface area contributed by atoms with Gasteiger partial charge < -0.3 is 49.7 Å². The van der Waals surface area contributed by atoms with Crippen molar-refractivity contribution < 1.29 is 49.4 Å². The van der Waals surface area contributed by atoms with Crippen LogP contribution < -0.4 is 0 Å². The minimum absolute atomic E-state index is 0.0649. The van der Waals surface area contributed by atoms with Gasteiger partial charge in [-0.25, -0.2) is 0 Å². The first kappa shape index (κ1) is 76.6. The summed E-state index contributed by atoms with van der Waals surface area (Å²) >= 11 is 0. The van der Waals surface area contributed by atoms with Crippen LogP contribution in [0.4, 0.5) is 0 Å². The van der Waals surface area contributed by atoms with Crippen molar-refractivity contribution in [2.75, 3.05) is 61.9 Å². The Hall–Kier alpha value is -3.43. The smallest absolute Gasteiger partial charge is 0.302 e. The Kier molecular flexibility index (Phi) is 27.4. The summed E-state index contributed by atoms with van der Waals surface area (Å²) in [5, 5.41) is 49.4. The lowest BCUT2D eigenvalue weighted by atomic mass is 9.50. The Morgan fingerprint density at radius 1 is 0.440 bits per heavy atom. The molecule has 0 bridgehead atoms. The summed E-state index contributed by atoms with van der Waals surface area (Å²) in [5.74, 6) is 3.94. The highest BCUT2D eigenvalue weighted by molar-refractivity contribution is 5.67. The molecule has 0 saturated heterocycles. The van der Waals surface area contributed by atoms with Crippen LogP contribution in [0.1, 0.15) is 216 Å². The highest BCUT2D eigenvalue weighted by Crippen LogP contribution is 2.67. The number of hydrogen-bond donors (Lipinski definition) is 5. The van der Waals surface area contributed by atoms with Gasteiger partial charge in [-0.1, -0.05) is 114 Å².